The molecular weight excluding hydrogens is 239 g/mol. The van der Waals surface area contributed by atoms with Gasteiger partial charge in [-0.05, 0) is 31.5 Å². The van der Waals surface area contributed by atoms with Gasteiger partial charge in [0, 0.05) is 5.92 Å². The lowest BCUT2D eigenvalue weighted by atomic mass is 9.81. The minimum absolute atomic E-state index is 0.111. The van der Waals surface area contributed by atoms with Crippen LogP contribution in [0, 0.1) is 10.7 Å². The maximum atomic E-state index is 12.6. The maximum absolute atomic E-state index is 12.6. The van der Waals surface area contributed by atoms with Gasteiger partial charge in [-0.15, -0.1) is 0 Å². The van der Waals surface area contributed by atoms with Crippen LogP contribution in [0.4, 0.5) is 13.2 Å². The van der Waals surface area contributed by atoms with Crippen LogP contribution >= 0.6 is 12.2 Å². The van der Waals surface area contributed by atoms with Gasteiger partial charge in [0.05, 0.1) is 5.92 Å². The molecular formula is C9H12F3N3S. The number of hydrogen-bond donors (Lipinski definition) is 2. The first-order chi connectivity index (χ1) is 7.47. The summed E-state index contributed by atoms with van der Waals surface area (Å²) in [7, 11) is 0. The molecule has 2 atom stereocenters. The molecule has 7 heteroatoms. The highest BCUT2D eigenvalue weighted by Gasteiger charge is 2.42. The predicted molar refractivity (Wildman–Crippen MR) is 54.5 cm³/mol. The molecule has 2 rings (SSSR count). The van der Waals surface area contributed by atoms with Crippen molar-refractivity contribution < 1.29 is 13.2 Å². The Morgan fingerprint density at radius 1 is 1.25 bits per heavy atom. The van der Waals surface area contributed by atoms with Gasteiger partial charge in [-0.1, -0.05) is 6.42 Å². The third-order valence-electron chi connectivity index (χ3n) is 3.04. The summed E-state index contributed by atoms with van der Waals surface area (Å²) in [6, 6.07) is 0. The van der Waals surface area contributed by atoms with E-state index >= 15 is 0 Å². The van der Waals surface area contributed by atoms with Crippen molar-refractivity contribution in [3.8, 4) is 0 Å². The fraction of sp³-hybridized carbons (Fsp3) is 0.778. The number of hydrogen-bond acceptors (Lipinski definition) is 2. The molecule has 0 spiro atoms. The molecule has 1 aromatic heterocycles. The average Bonchev–Trinajstić information content (AvgIpc) is 2.64. The second kappa shape index (κ2) is 4.20. The van der Waals surface area contributed by atoms with E-state index in [1.807, 2.05) is 0 Å². The van der Waals surface area contributed by atoms with E-state index in [1.54, 1.807) is 0 Å². The van der Waals surface area contributed by atoms with Crippen molar-refractivity contribution >= 4 is 12.2 Å². The van der Waals surface area contributed by atoms with E-state index in [1.165, 1.54) is 0 Å². The quantitative estimate of drug-likeness (QED) is 0.752. The van der Waals surface area contributed by atoms with E-state index in [-0.39, 0.29) is 18.8 Å². The van der Waals surface area contributed by atoms with E-state index < -0.39 is 12.1 Å². The molecule has 1 heterocycles. The van der Waals surface area contributed by atoms with Gasteiger partial charge in [-0.2, -0.15) is 13.2 Å². The minimum Gasteiger partial charge on any atom is -0.285 e. The standard InChI is InChI=1S/C9H12F3N3S/c10-9(11,12)6-3-1-2-5(4-6)7-13-8(16)15-14-7/h5-6H,1-4H2,(H2,13,14,15,16). The Labute approximate surface area is 95.5 Å². The van der Waals surface area contributed by atoms with E-state index in [4.69, 9.17) is 12.2 Å². The molecule has 2 unspecified atom stereocenters. The molecule has 1 aliphatic rings. The third-order valence-corrected chi connectivity index (χ3v) is 3.24. The van der Waals surface area contributed by atoms with Crippen LogP contribution < -0.4 is 0 Å². The normalized spacial score (nSPS) is 26.9. The molecule has 0 saturated heterocycles. The molecule has 0 radical (unpaired) electrons. The van der Waals surface area contributed by atoms with Gasteiger partial charge in [0.25, 0.3) is 0 Å². The number of nitrogens with one attached hydrogen (secondary N) is 2. The molecule has 0 amide bonds. The van der Waals surface area contributed by atoms with Crippen LogP contribution in [0.2, 0.25) is 0 Å². The Hall–Kier alpha value is -0.850. The van der Waals surface area contributed by atoms with Crippen molar-refractivity contribution in [3.05, 3.63) is 10.6 Å². The van der Waals surface area contributed by atoms with Gasteiger partial charge in [0.1, 0.15) is 5.82 Å². The number of aromatic amines is 2. The summed E-state index contributed by atoms with van der Waals surface area (Å²) in [4.78, 5) is 3.99. The van der Waals surface area contributed by atoms with Crippen LogP contribution in [0.25, 0.3) is 0 Å². The Balaban J connectivity index is 2.10. The van der Waals surface area contributed by atoms with Crippen LogP contribution in [-0.2, 0) is 0 Å². The zero-order valence-corrected chi connectivity index (χ0v) is 9.29. The van der Waals surface area contributed by atoms with Crippen LogP contribution in [0.3, 0.4) is 0 Å². The highest BCUT2D eigenvalue weighted by Crippen LogP contribution is 2.42. The summed E-state index contributed by atoms with van der Waals surface area (Å²) in [5.41, 5.74) is 0. The van der Waals surface area contributed by atoms with E-state index in [2.05, 4.69) is 15.2 Å². The van der Waals surface area contributed by atoms with Gasteiger partial charge < -0.3 is 0 Å². The molecule has 1 aromatic rings. The van der Waals surface area contributed by atoms with Gasteiger partial charge in [0.2, 0.25) is 4.77 Å². The SMILES string of the molecule is FC(F)(F)C1CCCC(c2nc(=S)[nH][nH]2)C1. The monoisotopic (exact) mass is 251 g/mol. The first-order valence-electron chi connectivity index (χ1n) is 5.18. The zero-order chi connectivity index (χ0) is 11.8. The molecule has 1 aliphatic carbocycles. The molecule has 1 fully saturated rings. The van der Waals surface area contributed by atoms with E-state index in [9.17, 15) is 13.2 Å². The number of nitrogens with zero attached hydrogens (tertiary/aromatic N) is 1. The summed E-state index contributed by atoms with van der Waals surface area (Å²) < 4.78 is 38.0. The molecule has 1 saturated carbocycles. The number of rotatable bonds is 1. The predicted octanol–water partition coefficient (Wildman–Crippen LogP) is 3.30. The summed E-state index contributed by atoms with van der Waals surface area (Å²) >= 11 is 4.78. The van der Waals surface area contributed by atoms with E-state index in [0.29, 0.717) is 17.0 Å². The van der Waals surface area contributed by atoms with E-state index in [0.717, 1.165) is 6.42 Å². The summed E-state index contributed by atoms with van der Waals surface area (Å²) in [5.74, 6) is -0.808. The molecule has 0 aliphatic heterocycles. The lowest BCUT2D eigenvalue weighted by molar-refractivity contribution is -0.183. The van der Waals surface area contributed by atoms with Gasteiger partial charge in [0.15, 0.2) is 0 Å². The summed E-state index contributed by atoms with van der Waals surface area (Å²) in [6.45, 7) is 0. The van der Waals surface area contributed by atoms with Crippen molar-refractivity contribution in [1.82, 2.24) is 15.2 Å². The Morgan fingerprint density at radius 3 is 2.56 bits per heavy atom. The molecule has 16 heavy (non-hydrogen) atoms. The van der Waals surface area contributed by atoms with Gasteiger partial charge in [-0.3, -0.25) is 10.2 Å². The number of H-pyrrole nitrogens is 2. The first kappa shape index (κ1) is 11.6. The second-order valence-electron chi connectivity index (χ2n) is 4.15. The maximum Gasteiger partial charge on any atom is 0.391 e. The summed E-state index contributed by atoms with van der Waals surface area (Å²) in [6.07, 6.45) is -2.43. The van der Waals surface area contributed by atoms with Gasteiger partial charge in [-0.25, -0.2) is 4.98 Å². The van der Waals surface area contributed by atoms with Gasteiger partial charge >= 0.3 is 6.18 Å². The second-order valence-corrected chi connectivity index (χ2v) is 4.54. The lowest BCUT2D eigenvalue weighted by Gasteiger charge is -2.29. The smallest absolute Gasteiger partial charge is 0.285 e. The van der Waals surface area contributed by atoms with Crippen LogP contribution in [0.5, 0.6) is 0 Å². The van der Waals surface area contributed by atoms with Crippen molar-refractivity contribution in [2.24, 2.45) is 5.92 Å². The fourth-order valence-corrected chi connectivity index (χ4v) is 2.36. The highest BCUT2D eigenvalue weighted by atomic mass is 32.1. The van der Waals surface area contributed by atoms with Crippen molar-refractivity contribution in [2.45, 2.75) is 37.8 Å². The van der Waals surface area contributed by atoms with Crippen LogP contribution in [0.15, 0.2) is 0 Å². The van der Waals surface area contributed by atoms with Crippen LogP contribution in [0.1, 0.15) is 37.4 Å². The Morgan fingerprint density at radius 2 is 2.00 bits per heavy atom. The number of alkyl halides is 3. The Kier molecular flexibility index (Phi) is 3.05. The molecule has 2 N–H and O–H groups in total. The molecule has 0 bridgehead atoms. The Bertz CT molecular complexity index is 409. The van der Waals surface area contributed by atoms with Crippen molar-refractivity contribution in [1.29, 1.82) is 0 Å². The fourth-order valence-electron chi connectivity index (χ4n) is 2.21. The molecule has 0 aromatic carbocycles. The van der Waals surface area contributed by atoms with Crippen molar-refractivity contribution in [3.63, 3.8) is 0 Å². The first-order valence-corrected chi connectivity index (χ1v) is 5.59. The molecule has 90 valence electrons. The summed E-state index contributed by atoms with van der Waals surface area (Å²) in [5, 5.41) is 5.36. The highest BCUT2D eigenvalue weighted by molar-refractivity contribution is 7.71. The number of halogens is 3. The lowest BCUT2D eigenvalue weighted by Crippen LogP contribution is -2.28. The van der Waals surface area contributed by atoms with Crippen molar-refractivity contribution in [2.75, 3.05) is 0 Å². The third kappa shape index (κ3) is 2.45. The molecule has 3 nitrogen and oxygen atoms in total. The topological polar surface area (TPSA) is 44.5 Å². The number of aromatic nitrogens is 3. The average molecular weight is 251 g/mol. The zero-order valence-electron chi connectivity index (χ0n) is 8.47. The minimum atomic E-state index is -4.09. The van der Waals surface area contributed by atoms with Crippen LogP contribution in [-0.4, -0.2) is 21.4 Å². The largest absolute Gasteiger partial charge is 0.391 e.